The van der Waals surface area contributed by atoms with Gasteiger partial charge in [0.05, 0.1) is 12.8 Å². The first kappa shape index (κ1) is 17.2. The van der Waals surface area contributed by atoms with E-state index in [1.54, 1.807) is 30.5 Å². The van der Waals surface area contributed by atoms with Crippen LogP contribution in [0.4, 0.5) is 0 Å². The Kier molecular flexibility index (Phi) is 5.50. The number of carbonyl (C=O) groups is 1. The fraction of sp³-hybridized carbons (Fsp3) is 0.158. The number of aromatic amines is 1. The highest BCUT2D eigenvalue weighted by Crippen LogP contribution is 2.21. The molecule has 5 nitrogen and oxygen atoms in total. The Hall–Kier alpha value is -2.60. The van der Waals surface area contributed by atoms with Gasteiger partial charge < -0.3 is 9.72 Å². The number of fused-ring (bicyclic) bond motifs is 1. The second-order valence-corrected chi connectivity index (χ2v) is 6.42. The van der Waals surface area contributed by atoms with E-state index in [-0.39, 0.29) is 5.91 Å². The van der Waals surface area contributed by atoms with Gasteiger partial charge in [0, 0.05) is 32.7 Å². The molecule has 3 rings (SSSR count). The van der Waals surface area contributed by atoms with Crippen LogP contribution >= 0.6 is 15.9 Å². The Morgan fingerprint density at radius 1 is 1.28 bits per heavy atom. The largest absolute Gasteiger partial charge is 0.494 e. The minimum atomic E-state index is -0.265. The highest BCUT2D eigenvalue weighted by atomic mass is 79.9. The fourth-order valence-corrected chi connectivity index (χ4v) is 2.73. The molecule has 0 spiro atoms. The third kappa shape index (κ3) is 4.28. The molecule has 1 amide bonds. The zero-order valence-electron chi connectivity index (χ0n) is 13.8. The average Bonchev–Trinajstić information content (AvgIpc) is 3.02. The summed E-state index contributed by atoms with van der Waals surface area (Å²) in [5, 5.41) is 5.08. The Morgan fingerprint density at radius 3 is 2.84 bits per heavy atom. The molecule has 0 saturated heterocycles. The van der Waals surface area contributed by atoms with Crippen LogP contribution in [-0.2, 0) is 0 Å². The summed E-state index contributed by atoms with van der Waals surface area (Å²) >= 11 is 3.46. The van der Waals surface area contributed by atoms with Crippen LogP contribution in [0.1, 0.15) is 29.3 Å². The van der Waals surface area contributed by atoms with Gasteiger partial charge in [-0.05, 0) is 48.9 Å². The number of carbonyl (C=O) groups excluding carboxylic acids is 1. The van der Waals surface area contributed by atoms with E-state index in [1.807, 2.05) is 31.3 Å². The van der Waals surface area contributed by atoms with E-state index in [1.165, 1.54) is 0 Å². The summed E-state index contributed by atoms with van der Waals surface area (Å²) in [5.41, 5.74) is 4.99. The first-order chi connectivity index (χ1) is 12.2. The van der Waals surface area contributed by atoms with Crippen molar-refractivity contribution in [2.45, 2.75) is 13.3 Å². The molecule has 0 aliphatic heterocycles. The second kappa shape index (κ2) is 7.98. The van der Waals surface area contributed by atoms with Crippen molar-refractivity contribution in [1.82, 2.24) is 10.4 Å². The molecule has 0 unspecified atom stereocenters. The van der Waals surface area contributed by atoms with E-state index in [0.29, 0.717) is 12.2 Å². The molecule has 2 N–H and O–H groups in total. The third-order valence-electron chi connectivity index (χ3n) is 3.63. The Bertz CT molecular complexity index is 901. The van der Waals surface area contributed by atoms with Crippen molar-refractivity contribution in [2.75, 3.05) is 6.61 Å². The quantitative estimate of drug-likeness (QED) is 0.473. The third-order valence-corrected chi connectivity index (χ3v) is 4.13. The van der Waals surface area contributed by atoms with Gasteiger partial charge in [0.15, 0.2) is 0 Å². The maximum atomic E-state index is 12.1. The molecule has 0 radical (unpaired) electrons. The van der Waals surface area contributed by atoms with Crippen molar-refractivity contribution in [2.24, 2.45) is 5.10 Å². The van der Waals surface area contributed by atoms with Crippen LogP contribution in [0.5, 0.6) is 5.75 Å². The van der Waals surface area contributed by atoms with Gasteiger partial charge >= 0.3 is 0 Å². The predicted molar refractivity (Wildman–Crippen MR) is 103 cm³/mol. The predicted octanol–water partition coefficient (Wildman–Crippen LogP) is 4.48. The number of rotatable bonds is 6. The molecule has 0 aliphatic rings. The summed E-state index contributed by atoms with van der Waals surface area (Å²) in [7, 11) is 0. The van der Waals surface area contributed by atoms with Gasteiger partial charge in [-0.25, -0.2) is 5.43 Å². The normalized spacial score (nSPS) is 11.1. The lowest BCUT2D eigenvalue weighted by Crippen LogP contribution is -2.17. The number of aromatic nitrogens is 1. The Morgan fingerprint density at radius 2 is 2.08 bits per heavy atom. The number of H-pyrrole nitrogens is 1. The molecule has 0 saturated carbocycles. The molecular weight excluding hydrogens is 382 g/mol. The topological polar surface area (TPSA) is 66.5 Å². The minimum Gasteiger partial charge on any atom is -0.494 e. The van der Waals surface area contributed by atoms with Crippen LogP contribution in [0, 0.1) is 0 Å². The number of ether oxygens (including phenoxy) is 1. The lowest BCUT2D eigenvalue weighted by atomic mass is 10.2. The van der Waals surface area contributed by atoms with Crippen LogP contribution in [0.2, 0.25) is 0 Å². The van der Waals surface area contributed by atoms with Crippen LogP contribution in [-0.4, -0.2) is 23.7 Å². The van der Waals surface area contributed by atoms with Gasteiger partial charge in [-0.2, -0.15) is 5.10 Å². The SMILES string of the molecule is CCCOc1ccc(C(=O)NN=Cc2c[nH]c3ccc(Br)cc23)cc1. The summed E-state index contributed by atoms with van der Waals surface area (Å²) in [4.78, 5) is 15.3. The van der Waals surface area contributed by atoms with Gasteiger partial charge in [0.2, 0.25) is 0 Å². The molecule has 0 fully saturated rings. The summed E-state index contributed by atoms with van der Waals surface area (Å²) in [6.07, 6.45) is 4.43. The molecule has 0 aliphatic carbocycles. The number of nitrogens with one attached hydrogen (secondary N) is 2. The minimum absolute atomic E-state index is 0.265. The molecule has 2 aromatic carbocycles. The van der Waals surface area contributed by atoms with Crippen molar-refractivity contribution < 1.29 is 9.53 Å². The first-order valence-corrected chi connectivity index (χ1v) is 8.79. The number of hydrogen-bond donors (Lipinski definition) is 2. The van der Waals surface area contributed by atoms with Crippen molar-refractivity contribution in [1.29, 1.82) is 0 Å². The highest BCUT2D eigenvalue weighted by Gasteiger charge is 2.05. The van der Waals surface area contributed by atoms with Crippen LogP contribution in [0.3, 0.4) is 0 Å². The molecule has 1 aromatic heterocycles. The van der Waals surface area contributed by atoms with Gasteiger partial charge in [0.25, 0.3) is 5.91 Å². The summed E-state index contributed by atoms with van der Waals surface area (Å²) < 4.78 is 6.49. The first-order valence-electron chi connectivity index (χ1n) is 8.00. The average molecular weight is 400 g/mol. The van der Waals surface area contributed by atoms with Crippen molar-refractivity contribution >= 4 is 39.0 Å². The molecule has 0 atom stereocenters. The van der Waals surface area contributed by atoms with Crippen LogP contribution in [0.25, 0.3) is 10.9 Å². The molecule has 6 heteroatoms. The van der Waals surface area contributed by atoms with Crippen LogP contribution < -0.4 is 10.2 Å². The van der Waals surface area contributed by atoms with Gasteiger partial charge in [-0.3, -0.25) is 4.79 Å². The van der Waals surface area contributed by atoms with Gasteiger partial charge in [-0.15, -0.1) is 0 Å². The molecule has 3 aromatic rings. The van der Waals surface area contributed by atoms with E-state index in [0.717, 1.165) is 33.1 Å². The molecule has 128 valence electrons. The Balaban J connectivity index is 1.64. The number of nitrogens with zero attached hydrogens (tertiary/aromatic N) is 1. The summed E-state index contributed by atoms with van der Waals surface area (Å²) in [6.45, 7) is 2.71. The van der Waals surface area contributed by atoms with E-state index >= 15 is 0 Å². The number of halogens is 1. The zero-order chi connectivity index (χ0) is 17.6. The summed E-state index contributed by atoms with van der Waals surface area (Å²) in [6, 6.07) is 13.0. The maximum Gasteiger partial charge on any atom is 0.271 e. The molecule has 25 heavy (non-hydrogen) atoms. The van der Waals surface area contributed by atoms with Gasteiger partial charge in [0.1, 0.15) is 5.75 Å². The van der Waals surface area contributed by atoms with E-state index in [4.69, 9.17) is 4.74 Å². The summed E-state index contributed by atoms with van der Waals surface area (Å²) in [5.74, 6) is 0.491. The number of amides is 1. The van der Waals surface area contributed by atoms with Crippen LogP contribution in [0.15, 0.2) is 58.2 Å². The monoisotopic (exact) mass is 399 g/mol. The lowest BCUT2D eigenvalue weighted by Gasteiger charge is -2.05. The number of benzene rings is 2. The second-order valence-electron chi connectivity index (χ2n) is 5.51. The fourth-order valence-electron chi connectivity index (χ4n) is 2.37. The smallest absolute Gasteiger partial charge is 0.271 e. The van der Waals surface area contributed by atoms with Crippen molar-refractivity contribution in [3.05, 3.63) is 64.3 Å². The maximum absolute atomic E-state index is 12.1. The highest BCUT2D eigenvalue weighted by molar-refractivity contribution is 9.10. The van der Waals surface area contributed by atoms with E-state index in [2.05, 4.69) is 31.4 Å². The number of hydrazone groups is 1. The number of hydrogen-bond acceptors (Lipinski definition) is 3. The van der Waals surface area contributed by atoms with Crippen molar-refractivity contribution in [3.63, 3.8) is 0 Å². The molecule has 1 heterocycles. The standard InChI is InChI=1S/C19H18BrN3O2/c1-2-9-25-16-6-3-13(4-7-16)19(24)23-22-12-14-11-21-18-8-5-15(20)10-17(14)18/h3-8,10-12,21H,2,9H2,1H3,(H,23,24). The van der Waals surface area contributed by atoms with E-state index in [9.17, 15) is 4.79 Å². The van der Waals surface area contributed by atoms with E-state index < -0.39 is 0 Å². The molecular formula is C19H18BrN3O2. The van der Waals surface area contributed by atoms with Gasteiger partial charge in [-0.1, -0.05) is 22.9 Å². The lowest BCUT2D eigenvalue weighted by molar-refractivity contribution is 0.0955. The molecule has 0 bridgehead atoms. The Labute approximate surface area is 154 Å². The zero-order valence-corrected chi connectivity index (χ0v) is 15.3. The van der Waals surface area contributed by atoms with Crippen molar-refractivity contribution in [3.8, 4) is 5.75 Å².